The number of hydrogen-bond acceptors (Lipinski definition) is 2. The van der Waals surface area contributed by atoms with Crippen molar-refractivity contribution in [2.45, 2.75) is 99.5 Å². The predicted molar refractivity (Wildman–Crippen MR) is 95.0 cm³/mol. The van der Waals surface area contributed by atoms with Crippen molar-refractivity contribution in [1.29, 1.82) is 0 Å². The van der Waals surface area contributed by atoms with E-state index in [1.165, 1.54) is 44.9 Å². The molecule has 0 fully saturated rings. The monoisotopic (exact) mass is 307 g/mol. The second kappa shape index (κ2) is 8.69. The van der Waals surface area contributed by atoms with Crippen LogP contribution in [-0.2, 0) is 13.0 Å². The third-order valence-corrected chi connectivity index (χ3v) is 4.01. The maximum atomic E-state index is 4.30. The van der Waals surface area contributed by atoms with Crippen molar-refractivity contribution >= 4 is 0 Å². The molecule has 0 aliphatic carbocycles. The third-order valence-electron chi connectivity index (χ3n) is 4.01. The molecule has 1 aromatic heterocycles. The van der Waals surface area contributed by atoms with Crippen LogP contribution in [0, 0.1) is 10.8 Å². The molecule has 0 amide bonds. The second-order valence-corrected chi connectivity index (χ2v) is 9.11. The lowest BCUT2D eigenvalue weighted by molar-refractivity contribution is 0.355. The molecule has 0 unspecified atom stereocenters. The van der Waals surface area contributed by atoms with Gasteiger partial charge in [-0.15, -0.1) is 5.10 Å². The smallest absolute Gasteiger partial charge is 0.0827 e. The summed E-state index contributed by atoms with van der Waals surface area (Å²) in [5, 5.41) is 8.55. The molecule has 22 heavy (non-hydrogen) atoms. The number of hydrogen-bond donors (Lipinski definition) is 0. The Morgan fingerprint density at radius 1 is 0.818 bits per heavy atom. The highest BCUT2D eigenvalue weighted by atomic mass is 15.4. The lowest BCUT2D eigenvalue weighted by Gasteiger charge is -2.17. The van der Waals surface area contributed by atoms with Crippen LogP contribution in [0.4, 0.5) is 0 Å². The van der Waals surface area contributed by atoms with Crippen molar-refractivity contribution in [2.75, 3.05) is 0 Å². The van der Waals surface area contributed by atoms with Gasteiger partial charge in [-0.1, -0.05) is 66.0 Å². The van der Waals surface area contributed by atoms with Gasteiger partial charge >= 0.3 is 0 Å². The standard InChI is InChI=1S/C19H37N3/c1-18(2,3)13-9-7-8-10-15-22-16-17(20-21-22)12-11-14-19(4,5)6/h16H,7-15H2,1-6H3. The first-order valence-corrected chi connectivity index (χ1v) is 9.05. The van der Waals surface area contributed by atoms with E-state index in [2.05, 4.69) is 58.1 Å². The number of aromatic nitrogens is 3. The van der Waals surface area contributed by atoms with E-state index in [4.69, 9.17) is 0 Å². The van der Waals surface area contributed by atoms with Crippen LogP contribution in [-0.4, -0.2) is 15.0 Å². The lowest BCUT2D eigenvalue weighted by atomic mass is 9.89. The molecule has 1 rings (SSSR count). The topological polar surface area (TPSA) is 30.7 Å². The summed E-state index contributed by atoms with van der Waals surface area (Å²) in [6.45, 7) is 14.9. The lowest BCUT2D eigenvalue weighted by Crippen LogP contribution is -2.05. The molecule has 0 aliphatic heterocycles. The van der Waals surface area contributed by atoms with Crippen LogP contribution in [0.25, 0.3) is 0 Å². The fraction of sp³-hybridized carbons (Fsp3) is 0.895. The summed E-state index contributed by atoms with van der Waals surface area (Å²) < 4.78 is 2.02. The fourth-order valence-corrected chi connectivity index (χ4v) is 2.64. The Morgan fingerprint density at radius 2 is 1.41 bits per heavy atom. The second-order valence-electron chi connectivity index (χ2n) is 9.11. The van der Waals surface area contributed by atoms with Crippen molar-refractivity contribution in [3.63, 3.8) is 0 Å². The van der Waals surface area contributed by atoms with Gasteiger partial charge in [-0.25, -0.2) is 0 Å². The molecule has 3 heteroatoms. The predicted octanol–water partition coefficient (Wildman–Crippen LogP) is 5.64. The number of nitrogens with zero attached hydrogens (tertiary/aromatic N) is 3. The first-order valence-electron chi connectivity index (χ1n) is 9.05. The zero-order valence-electron chi connectivity index (χ0n) is 15.8. The molecule has 128 valence electrons. The Bertz CT molecular complexity index is 407. The van der Waals surface area contributed by atoms with Crippen LogP contribution in [0.2, 0.25) is 0 Å². The molecule has 0 radical (unpaired) electrons. The zero-order valence-corrected chi connectivity index (χ0v) is 15.8. The molecule has 0 aliphatic rings. The average molecular weight is 308 g/mol. The normalized spacial score (nSPS) is 12.8. The maximum absolute atomic E-state index is 4.30. The maximum Gasteiger partial charge on any atom is 0.0827 e. The van der Waals surface area contributed by atoms with Gasteiger partial charge in [0.05, 0.1) is 5.69 Å². The highest BCUT2D eigenvalue weighted by molar-refractivity contribution is 4.92. The molecule has 0 saturated heterocycles. The molecule has 0 spiro atoms. The van der Waals surface area contributed by atoms with Gasteiger partial charge in [0.15, 0.2) is 0 Å². The van der Waals surface area contributed by atoms with E-state index < -0.39 is 0 Å². The van der Waals surface area contributed by atoms with Gasteiger partial charge < -0.3 is 0 Å². The molecule has 3 nitrogen and oxygen atoms in total. The fourth-order valence-electron chi connectivity index (χ4n) is 2.64. The van der Waals surface area contributed by atoms with E-state index in [0.29, 0.717) is 10.8 Å². The summed E-state index contributed by atoms with van der Waals surface area (Å²) in [5.41, 5.74) is 2.05. The average Bonchev–Trinajstić information content (AvgIpc) is 2.78. The van der Waals surface area contributed by atoms with Crippen LogP contribution in [0.3, 0.4) is 0 Å². The number of rotatable bonds is 9. The first-order chi connectivity index (χ1) is 10.2. The molecule has 1 aromatic rings. The molecule has 0 N–H and O–H groups in total. The van der Waals surface area contributed by atoms with Crippen LogP contribution in [0.15, 0.2) is 6.20 Å². The highest BCUT2D eigenvalue weighted by Crippen LogP contribution is 2.23. The summed E-state index contributed by atoms with van der Waals surface area (Å²) in [6.07, 6.45) is 12.2. The molecule has 0 atom stereocenters. The Balaban J connectivity index is 2.12. The summed E-state index contributed by atoms with van der Waals surface area (Å²) >= 11 is 0. The van der Waals surface area contributed by atoms with E-state index in [1.807, 2.05) is 4.68 Å². The van der Waals surface area contributed by atoms with Gasteiger partial charge in [-0.05, 0) is 42.9 Å². The van der Waals surface area contributed by atoms with Crippen LogP contribution in [0.5, 0.6) is 0 Å². The Kier molecular flexibility index (Phi) is 7.58. The van der Waals surface area contributed by atoms with Gasteiger partial charge in [0.2, 0.25) is 0 Å². The minimum absolute atomic E-state index is 0.420. The highest BCUT2D eigenvalue weighted by Gasteiger charge is 2.10. The summed E-state index contributed by atoms with van der Waals surface area (Å²) in [4.78, 5) is 0. The summed E-state index contributed by atoms with van der Waals surface area (Å²) in [6, 6.07) is 0. The molecule has 0 bridgehead atoms. The zero-order chi connectivity index (χ0) is 16.6. The first kappa shape index (κ1) is 19.2. The van der Waals surface area contributed by atoms with E-state index >= 15 is 0 Å². The van der Waals surface area contributed by atoms with Crippen molar-refractivity contribution in [1.82, 2.24) is 15.0 Å². The Morgan fingerprint density at radius 3 is 2.05 bits per heavy atom. The molecule has 1 heterocycles. The quantitative estimate of drug-likeness (QED) is 0.552. The minimum Gasteiger partial charge on any atom is -0.252 e. The van der Waals surface area contributed by atoms with Gasteiger partial charge in [0, 0.05) is 12.7 Å². The Hall–Kier alpha value is -0.860. The van der Waals surface area contributed by atoms with Crippen molar-refractivity contribution < 1.29 is 0 Å². The SMILES string of the molecule is CC(C)(C)CCCCCCn1cc(CCCC(C)(C)C)nn1. The van der Waals surface area contributed by atoms with Crippen molar-refractivity contribution in [3.05, 3.63) is 11.9 Å². The van der Waals surface area contributed by atoms with E-state index in [1.54, 1.807) is 0 Å². The Labute approximate surface area is 137 Å². The third kappa shape index (κ3) is 9.97. The number of unbranched alkanes of at least 4 members (excludes halogenated alkanes) is 3. The van der Waals surface area contributed by atoms with Crippen molar-refractivity contribution in [2.24, 2.45) is 10.8 Å². The van der Waals surface area contributed by atoms with Crippen LogP contribution < -0.4 is 0 Å². The molecule has 0 aromatic carbocycles. The largest absolute Gasteiger partial charge is 0.252 e. The van der Waals surface area contributed by atoms with Gasteiger partial charge in [0.1, 0.15) is 0 Å². The minimum atomic E-state index is 0.420. The van der Waals surface area contributed by atoms with Crippen LogP contribution in [0.1, 0.15) is 92.2 Å². The van der Waals surface area contributed by atoms with Crippen molar-refractivity contribution in [3.8, 4) is 0 Å². The number of aryl methyl sites for hydroxylation is 2. The summed E-state index contributed by atoms with van der Waals surface area (Å²) in [7, 11) is 0. The van der Waals surface area contributed by atoms with E-state index in [9.17, 15) is 0 Å². The molecule has 0 saturated carbocycles. The van der Waals surface area contributed by atoms with Crippen LogP contribution >= 0.6 is 0 Å². The van der Waals surface area contributed by atoms with E-state index in [-0.39, 0.29) is 0 Å². The van der Waals surface area contributed by atoms with Gasteiger partial charge in [-0.3, -0.25) is 4.68 Å². The van der Waals surface area contributed by atoms with E-state index in [0.717, 1.165) is 18.7 Å². The summed E-state index contributed by atoms with van der Waals surface area (Å²) in [5.74, 6) is 0. The molecular formula is C19H37N3. The van der Waals surface area contributed by atoms with Gasteiger partial charge in [0.25, 0.3) is 0 Å². The molecular weight excluding hydrogens is 270 g/mol. The van der Waals surface area contributed by atoms with Gasteiger partial charge in [-0.2, -0.15) is 0 Å².